The molecule has 0 aromatic heterocycles. The molecule has 0 unspecified atom stereocenters. The topological polar surface area (TPSA) is 93.1 Å². The Labute approximate surface area is 57.9 Å². The van der Waals surface area contributed by atoms with E-state index in [4.69, 9.17) is 10.2 Å². The predicted molar refractivity (Wildman–Crippen MR) is 23.2 cm³/mol. The number of halogens is 2. The molecule has 11 heavy (non-hydrogen) atoms. The van der Waals surface area contributed by atoms with E-state index >= 15 is 0 Å². The van der Waals surface area contributed by atoms with Crippen LogP contribution in [0.5, 0.6) is 0 Å². The van der Waals surface area contributed by atoms with E-state index in [2.05, 4.69) is 9.47 Å². The van der Waals surface area contributed by atoms with Crippen LogP contribution in [0.1, 0.15) is 0 Å². The number of carbonyl (C=O) groups is 2. The van der Waals surface area contributed by atoms with Crippen molar-refractivity contribution in [3.63, 3.8) is 0 Å². The molecule has 0 rings (SSSR count). The highest BCUT2D eigenvalue weighted by Gasteiger charge is 2.40. The quantitative estimate of drug-likeness (QED) is 0.475. The third-order valence-electron chi connectivity index (χ3n) is 0.412. The fourth-order valence-corrected chi connectivity index (χ4v) is 0.224. The summed E-state index contributed by atoms with van der Waals surface area (Å²) in [6, 6.07) is 0. The van der Waals surface area contributed by atoms with E-state index in [1.165, 1.54) is 0 Å². The lowest BCUT2D eigenvalue weighted by Crippen LogP contribution is -2.29. The Kier molecular flexibility index (Phi) is 2.56. The van der Waals surface area contributed by atoms with Gasteiger partial charge in [0.05, 0.1) is 0 Å². The Morgan fingerprint density at radius 1 is 1.09 bits per heavy atom. The van der Waals surface area contributed by atoms with Gasteiger partial charge in [0.1, 0.15) is 0 Å². The van der Waals surface area contributed by atoms with E-state index in [9.17, 15) is 18.4 Å². The SMILES string of the molecule is O=C(O)OC(F)(F)OC(=O)O. The van der Waals surface area contributed by atoms with Gasteiger partial charge in [-0.2, -0.15) is 0 Å². The molecule has 0 radical (unpaired) electrons. The molecular weight excluding hydrogens is 170 g/mol. The van der Waals surface area contributed by atoms with Gasteiger partial charge in [-0.25, -0.2) is 9.59 Å². The first-order chi connectivity index (χ1) is 4.83. The maximum atomic E-state index is 11.7. The molecule has 0 aromatic rings. The Morgan fingerprint density at radius 3 is 1.55 bits per heavy atom. The molecule has 0 aliphatic heterocycles. The Balaban J connectivity index is 3.99. The molecule has 0 spiro atoms. The highest BCUT2D eigenvalue weighted by molar-refractivity contribution is 5.59. The molecule has 0 saturated heterocycles. The molecule has 2 N–H and O–H groups in total. The van der Waals surface area contributed by atoms with Crippen LogP contribution in [0.3, 0.4) is 0 Å². The minimum absolute atomic E-state index is 2.34. The number of alkyl halides is 2. The molecule has 0 aliphatic rings. The molecule has 0 heterocycles. The van der Waals surface area contributed by atoms with Gasteiger partial charge < -0.3 is 19.7 Å². The molecule has 6 nitrogen and oxygen atoms in total. The van der Waals surface area contributed by atoms with Gasteiger partial charge in [-0.1, -0.05) is 0 Å². The highest BCUT2D eigenvalue weighted by atomic mass is 19.3. The molecule has 0 fully saturated rings. The normalized spacial score (nSPS) is 10.4. The Bertz CT molecular complexity index is 159. The fraction of sp³-hybridized carbons (Fsp3) is 0.333. The minimum atomic E-state index is -4.66. The van der Waals surface area contributed by atoms with Crippen LogP contribution in [0.2, 0.25) is 0 Å². The van der Waals surface area contributed by atoms with Crippen LogP contribution in [0, 0.1) is 0 Å². The summed E-state index contributed by atoms with van der Waals surface area (Å²) in [6.45, 7) is 0. The zero-order valence-corrected chi connectivity index (χ0v) is 4.78. The molecule has 0 aliphatic carbocycles. The molecule has 0 atom stereocenters. The van der Waals surface area contributed by atoms with Gasteiger partial charge in [-0.15, -0.1) is 8.78 Å². The van der Waals surface area contributed by atoms with Crippen molar-refractivity contribution < 1.29 is 38.1 Å². The van der Waals surface area contributed by atoms with Crippen LogP contribution in [0.4, 0.5) is 18.4 Å². The lowest BCUT2D eigenvalue weighted by Gasteiger charge is -2.10. The lowest BCUT2D eigenvalue weighted by molar-refractivity contribution is -0.346. The Hall–Kier alpha value is -1.60. The van der Waals surface area contributed by atoms with Crippen molar-refractivity contribution in [3.8, 4) is 0 Å². The van der Waals surface area contributed by atoms with Crippen LogP contribution in [0.15, 0.2) is 0 Å². The number of hydrogen-bond acceptors (Lipinski definition) is 4. The van der Waals surface area contributed by atoms with Crippen molar-refractivity contribution in [1.29, 1.82) is 0 Å². The minimum Gasteiger partial charge on any atom is -0.450 e. The average Bonchev–Trinajstić information content (AvgIpc) is 1.53. The summed E-state index contributed by atoms with van der Waals surface area (Å²) in [6.07, 6.45) is -9.33. The van der Waals surface area contributed by atoms with Crippen molar-refractivity contribution >= 4 is 12.3 Å². The van der Waals surface area contributed by atoms with E-state index in [-0.39, 0.29) is 0 Å². The van der Waals surface area contributed by atoms with Gasteiger partial charge in [0.2, 0.25) is 0 Å². The fourth-order valence-electron chi connectivity index (χ4n) is 0.224. The summed E-state index contributed by atoms with van der Waals surface area (Å²) in [5.74, 6) is 0. The smallest absolute Gasteiger partial charge is 0.450 e. The van der Waals surface area contributed by atoms with Crippen molar-refractivity contribution in [3.05, 3.63) is 0 Å². The summed E-state index contributed by atoms with van der Waals surface area (Å²) < 4.78 is 28.9. The average molecular weight is 172 g/mol. The van der Waals surface area contributed by atoms with Crippen molar-refractivity contribution in [1.82, 2.24) is 0 Å². The van der Waals surface area contributed by atoms with Crippen LogP contribution in [-0.4, -0.2) is 28.8 Å². The second-order valence-corrected chi connectivity index (χ2v) is 1.20. The Morgan fingerprint density at radius 2 is 1.36 bits per heavy atom. The number of carboxylic acid groups (broad SMARTS) is 2. The molecule has 0 amide bonds. The predicted octanol–water partition coefficient (Wildman–Crippen LogP) is 0.926. The van der Waals surface area contributed by atoms with Gasteiger partial charge in [-0.05, 0) is 0 Å². The summed E-state index contributed by atoms with van der Waals surface area (Å²) in [4.78, 5) is 18.8. The number of hydrogen-bond donors (Lipinski definition) is 2. The second-order valence-electron chi connectivity index (χ2n) is 1.20. The first kappa shape index (κ1) is 9.40. The monoisotopic (exact) mass is 172 g/mol. The van der Waals surface area contributed by atoms with Crippen LogP contribution in [0.25, 0.3) is 0 Å². The van der Waals surface area contributed by atoms with Crippen LogP contribution in [-0.2, 0) is 9.47 Å². The summed E-state index contributed by atoms with van der Waals surface area (Å²) >= 11 is 0. The molecule has 0 saturated carbocycles. The first-order valence-electron chi connectivity index (χ1n) is 2.05. The van der Waals surface area contributed by atoms with E-state index in [1.807, 2.05) is 0 Å². The standard InChI is InChI=1S/C3H2F2O6/c4-3(5,10-1(6)7)11-2(8)9/h(H,6,7)(H,8,9). The third kappa shape index (κ3) is 4.88. The van der Waals surface area contributed by atoms with Gasteiger partial charge in [-0.3, -0.25) is 0 Å². The summed E-state index contributed by atoms with van der Waals surface area (Å²) in [7, 11) is 0. The van der Waals surface area contributed by atoms with E-state index < -0.39 is 18.6 Å². The lowest BCUT2D eigenvalue weighted by atomic mass is 11.1. The highest BCUT2D eigenvalue weighted by Crippen LogP contribution is 2.16. The van der Waals surface area contributed by atoms with Gasteiger partial charge >= 0.3 is 18.6 Å². The van der Waals surface area contributed by atoms with Gasteiger partial charge in [0.25, 0.3) is 0 Å². The van der Waals surface area contributed by atoms with Crippen LogP contribution >= 0.6 is 0 Å². The van der Waals surface area contributed by atoms with Gasteiger partial charge in [0.15, 0.2) is 0 Å². The maximum Gasteiger partial charge on any atom is 0.595 e. The number of rotatable bonds is 2. The van der Waals surface area contributed by atoms with Crippen molar-refractivity contribution in [2.45, 2.75) is 6.29 Å². The third-order valence-corrected chi connectivity index (χ3v) is 0.412. The van der Waals surface area contributed by atoms with E-state index in [1.54, 1.807) is 0 Å². The molecule has 8 heteroatoms. The second kappa shape index (κ2) is 2.99. The zero-order chi connectivity index (χ0) is 9.07. The van der Waals surface area contributed by atoms with E-state index in [0.717, 1.165) is 0 Å². The summed E-state index contributed by atoms with van der Waals surface area (Å²) in [5.41, 5.74) is 0. The first-order valence-corrected chi connectivity index (χ1v) is 2.05. The molecule has 0 aromatic carbocycles. The van der Waals surface area contributed by atoms with Crippen molar-refractivity contribution in [2.24, 2.45) is 0 Å². The largest absolute Gasteiger partial charge is 0.595 e. The molecular formula is C3H2F2O6. The molecule has 0 bridgehead atoms. The number of ether oxygens (including phenoxy) is 2. The van der Waals surface area contributed by atoms with Gasteiger partial charge in [0, 0.05) is 0 Å². The maximum absolute atomic E-state index is 11.7. The van der Waals surface area contributed by atoms with E-state index in [0.29, 0.717) is 0 Å². The zero-order valence-electron chi connectivity index (χ0n) is 4.78. The molecule has 64 valence electrons. The van der Waals surface area contributed by atoms with Crippen molar-refractivity contribution in [2.75, 3.05) is 0 Å². The summed E-state index contributed by atoms with van der Waals surface area (Å²) in [5, 5.41) is 15.2. The van der Waals surface area contributed by atoms with Crippen LogP contribution < -0.4 is 0 Å².